The van der Waals surface area contributed by atoms with Crippen LogP contribution in [-0.4, -0.2) is 51.7 Å². The summed E-state index contributed by atoms with van der Waals surface area (Å²) in [5.41, 5.74) is 2.32. The van der Waals surface area contributed by atoms with Crippen LogP contribution in [0.15, 0.2) is 29.3 Å². The average molecular weight is 495 g/mol. The molecule has 1 fully saturated rings. The van der Waals surface area contributed by atoms with Gasteiger partial charge in [0.2, 0.25) is 0 Å². The number of halogens is 1. The van der Waals surface area contributed by atoms with Crippen LogP contribution in [0.3, 0.4) is 0 Å². The molecule has 0 amide bonds. The third kappa shape index (κ3) is 6.38. The number of hydrogen-bond donors (Lipinski definition) is 2. The lowest BCUT2D eigenvalue weighted by molar-refractivity contribution is 0.0756. The molecule has 148 valence electrons. The van der Waals surface area contributed by atoms with Crippen LogP contribution in [0.2, 0.25) is 0 Å². The number of rotatable bonds is 6. The predicted octanol–water partition coefficient (Wildman–Crippen LogP) is 2.26. The summed E-state index contributed by atoms with van der Waals surface area (Å²) in [6.45, 7) is 6.61. The first-order valence-electron chi connectivity index (χ1n) is 8.71. The Morgan fingerprint density at radius 2 is 1.96 bits per heavy atom. The van der Waals surface area contributed by atoms with Crippen LogP contribution in [0.5, 0.6) is 0 Å². The van der Waals surface area contributed by atoms with E-state index in [1.54, 1.807) is 0 Å². The fourth-order valence-electron chi connectivity index (χ4n) is 2.99. The van der Waals surface area contributed by atoms with E-state index in [-0.39, 0.29) is 24.0 Å². The standard InChI is InChI=1S/C18H29N3O3S.HI/c1-4-19-17(20-13-16-7-5-6-15(2)12-16)21-14-18(25(3,22)23)8-10-24-11-9-18;/h5-7,12H,4,8-11,13-14H2,1-3H3,(H2,19,20,21);1H. The lowest BCUT2D eigenvalue weighted by Gasteiger charge is -2.35. The molecule has 0 unspecified atom stereocenters. The zero-order chi connectivity index (χ0) is 18.3. The van der Waals surface area contributed by atoms with E-state index in [9.17, 15) is 8.42 Å². The molecule has 0 atom stereocenters. The van der Waals surface area contributed by atoms with Crippen molar-refractivity contribution >= 4 is 39.8 Å². The van der Waals surface area contributed by atoms with Gasteiger partial charge < -0.3 is 15.4 Å². The normalized spacial score (nSPS) is 17.3. The van der Waals surface area contributed by atoms with Gasteiger partial charge in [0.05, 0.1) is 11.3 Å². The largest absolute Gasteiger partial charge is 0.381 e. The fourth-order valence-corrected chi connectivity index (χ4v) is 4.23. The summed E-state index contributed by atoms with van der Waals surface area (Å²) in [5.74, 6) is 0.638. The van der Waals surface area contributed by atoms with Crippen LogP contribution >= 0.6 is 24.0 Å². The van der Waals surface area contributed by atoms with Crippen LogP contribution in [0.1, 0.15) is 30.9 Å². The van der Waals surface area contributed by atoms with E-state index in [1.165, 1.54) is 11.8 Å². The van der Waals surface area contributed by atoms with Crippen molar-refractivity contribution in [1.29, 1.82) is 0 Å². The molecule has 1 heterocycles. The Kier molecular flexibility index (Phi) is 9.32. The summed E-state index contributed by atoms with van der Waals surface area (Å²) in [6, 6.07) is 8.21. The maximum absolute atomic E-state index is 12.3. The maximum atomic E-state index is 12.3. The third-order valence-corrected chi connectivity index (χ3v) is 6.74. The second kappa shape index (κ2) is 10.5. The molecule has 0 aliphatic carbocycles. The van der Waals surface area contributed by atoms with Gasteiger partial charge >= 0.3 is 0 Å². The average Bonchev–Trinajstić information content (AvgIpc) is 2.57. The van der Waals surface area contributed by atoms with E-state index < -0.39 is 14.6 Å². The summed E-state index contributed by atoms with van der Waals surface area (Å²) < 4.78 is 29.2. The first kappa shape index (κ1) is 23.2. The summed E-state index contributed by atoms with van der Waals surface area (Å²) in [4.78, 5) is 4.59. The zero-order valence-corrected chi connectivity index (χ0v) is 18.9. The van der Waals surface area contributed by atoms with Crippen molar-refractivity contribution in [2.45, 2.75) is 38.0 Å². The van der Waals surface area contributed by atoms with E-state index in [4.69, 9.17) is 4.74 Å². The van der Waals surface area contributed by atoms with Crippen LogP contribution < -0.4 is 10.6 Å². The highest BCUT2D eigenvalue weighted by Gasteiger charge is 2.42. The lowest BCUT2D eigenvalue weighted by atomic mass is 9.99. The first-order valence-corrected chi connectivity index (χ1v) is 10.6. The smallest absolute Gasteiger partial charge is 0.191 e. The van der Waals surface area contributed by atoms with Gasteiger partial charge in [-0.05, 0) is 32.3 Å². The van der Waals surface area contributed by atoms with Crippen molar-refractivity contribution in [3.63, 3.8) is 0 Å². The van der Waals surface area contributed by atoms with Gasteiger partial charge in [-0.25, -0.2) is 13.4 Å². The number of nitrogens with zero attached hydrogens (tertiary/aromatic N) is 1. The monoisotopic (exact) mass is 495 g/mol. The molecule has 1 aliphatic heterocycles. The highest BCUT2D eigenvalue weighted by Crippen LogP contribution is 2.28. The molecule has 6 nitrogen and oxygen atoms in total. The van der Waals surface area contributed by atoms with Crippen LogP contribution in [0.4, 0.5) is 0 Å². The summed E-state index contributed by atoms with van der Waals surface area (Å²) in [5, 5.41) is 6.42. The van der Waals surface area contributed by atoms with Crippen molar-refractivity contribution in [3.05, 3.63) is 35.4 Å². The van der Waals surface area contributed by atoms with Crippen molar-refractivity contribution in [2.75, 3.05) is 32.6 Å². The van der Waals surface area contributed by atoms with Gasteiger partial charge in [0.25, 0.3) is 0 Å². The topological polar surface area (TPSA) is 79.8 Å². The van der Waals surface area contributed by atoms with Crippen molar-refractivity contribution < 1.29 is 13.2 Å². The Morgan fingerprint density at radius 3 is 2.54 bits per heavy atom. The van der Waals surface area contributed by atoms with Crippen molar-refractivity contribution in [1.82, 2.24) is 10.6 Å². The molecule has 26 heavy (non-hydrogen) atoms. The first-order chi connectivity index (χ1) is 11.9. The molecular weight excluding hydrogens is 465 g/mol. The highest BCUT2D eigenvalue weighted by atomic mass is 127. The van der Waals surface area contributed by atoms with Crippen LogP contribution in [-0.2, 0) is 21.1 Å². The summed E-state index contributed by atoms with van der Waals surface area (Å²) in [6.07, 6.45) is 2.34. The zero-order valence-electron chi connectivity index (χ0n) is 15.7. The molecule has 1 aromatic carbocycles. The van der Waals surface area contributed by atoms with E-state index >= 15 is 0 Å². The van der Waals surface area contributed by atoms with Crippen molar-refractivity contribution in [2.24, 2.45) is 4.99 Å². The Morgan fingerprint density at radius 1 is 1.27 bits per heavy atom. The van der Waals surface area contributed by atoms with Gasteiger partial charge in [-0.15, -0.1) is 24.0 Å². The molecule has 1 saturated heterocycles. The second-order valence-corrected chi connectivity index (χ2v) is 9.02. The molecule has 2 N–H and O–H groups in total. The second-order valence-electron chi connectivity index (χ2n) is 6.61. The van der Waals surface area contributed by atoms with E-state index in [0.717, 1.165) is 5.56 Å². The highest BCUT2D eigenvalue weighted by molar-refractivity contribution is 14.0. The number of aryl methyl sites for hydroxylation is 1. The molecule has 1 aromatic rings. The minimum atomic E-state index is -3.20. The van der Waals surface area contributed by atoms with Gasteiger partial charge in [-0.3, -0.25) is 0 Å². The third-order valence-electron chi connectivity index (χ3n) is 4.62. The molecule has 8 heteroatoms. The molecule has 0 bridgehead atoms. The Labute approximate surface area is 174 Å². The van der Waals surface area contributed by atoms with Crippen LogP contribution in [0, 0.1) is 6.92 Å². The number of sulfone groups is 1. The number of nitrogens with one attached hydrogen (secondary N) is 2. The van der Waals surface area contributed by atoms with Crippen molar-refractivity contribution in [3.8, 4) is 0 Å². The molecule has 0 saturated carbocycles. The Hall–Kier alpha value is -0.870. The van der Waals surface area contributed by atoms with Gasteiger partial charge in [-0.2, -0.15) is 0 Å². The number of benzene rings is 1. The molecule has 2 rings (SSSR count). The summed E-state index contributed by atoms with van der Waals surface area (Å²) in [7, 11) is -3.20. The summed E-state index contributed by atoms with van der Waals surface area (Å²) >= 11 is 0. The minimum Gasteiger partial charge on any atom is -0.381 e. The number of ether oxygens (including phenoxy) is 1. The SMILES string of the molecule is CCNC(=NCc1cccc(C)c1)NCC1(S(C)(=O)=O)CCOCC1.I. The quantitative estimate of drug-likeness (QED) is 0.360. The van der Waals surface area contributed by atoms with Gasteiger partial charge in [-0.1, -0.05) is 29.8 Å². The molecule has 0 aromatic heterocycles. The van der Waals surface area contributed by atoms with E-state index in [0.29, 0.717) is 51.6 Å². The number of hydrogen-bond acceptors (Lipinski definition) is 4. The Balaban J connectivity index is 0.00000338. The van der Waals surface area contributed by atoms with Gasteiger partial charge in [0.15, 0.2) is 15.8 Å². The number of aliphatic imine (C=N–C) groups is 1. The minimum absolute atomic E-state index is 0. The number of guanidine groups is 1. The maximum Gasteiger partial charge on any atom is 0.191 e. The predicted molar refractivity (Wildman–Crippen MR) is 117 cm³/mol. The van der Waals surface area contributed by atoms with Gasteiger partial charge in [0.1, 0.15) is 0 Å². The fraction of sp³-hybridized carbons (Fsp3) is 0.611. The van der Waals surface area contributed by atoms with E-state index in [1.807, 2.05) is 19.1 Å². The van der Waals surface area contributed by atoms with Gasteiger partial charge in [0, 0.05) is 32.6 Å². The van der Waals surface area contributed by atoms with E-state index in [2.05, 4.69) is 34.7 Å². The molecular formula is C18H30IN3O3S. The molecule has 0 radical (unpaired) electrons. The molecule has 1 aliphatic rings. The lowest BCUT2D eigenvalue weighted by Crippen LogP contribution is -2.53. The Bertz CT molecular complexity index is 701. The molecule has 0 spiro atoms. The van der Waals surface area contributed by atoms with Crippen LogP contribution in [0.25, 0.3) is 0 Å².